The third-order valence-corrected chi connectivity index (χ3v) is 3.65. The molecule has 0 fully saturated rings. The molecule has 6 nitrogen and oxygen atoms in total. The molecule has 0 bridgehead atoms. The minimum Gasteiger partial charge on any atom is -0.490 e. The number of carboxylic acid groups (broad SMARTS) is 2. The van der Waals surface area contributed by atoms with Crippen molar-refractivity contribution in [2.75, 3.05) is 13.2 Å². The minimum absolute atomic E-state index is 0.524. The molecule has 0 saturated carbocycles. The Labute approximate surface area is 148 Å². The maximum atomic E-state index is 9.10. The van der Waals surface area contributed by atoms with Crippen molar-refractivity contribution in [1.29, 1.82) is 0 Å². The van der Waals surface area contributed by atoms with E-state index in [1.54, 1.807) is 0 Å². The fourth-order valence-electron chi connectivity index (χ4n) is 1.43. The summed E-state index contributed by atoms with van der Waals surface area (Å²) in [6.45, 7) is 7.77. The highest BCUT2D eigenvalue weighted by Crippen LogP contribution is 2.34. The Hall–Kier alpha value is -1.31. The monoisotopic (exact) mass is 409 g/mol. The average Bonchev–Trinajstić information content (AvgIpc) is 2.45. The van der Waals surface area contributed by atoms with Crippen molar-refractivity contribution in [3.63, 3.8) is 0 Å². The molecule has 0 amide bonds. The van der Waals surface area contributed by atoms with Gasteiger partial charge in [0.2, 0.25) is 0 Å². The number of nitrogens with one attached hydrogen (secondary N) is 1. The Morgan fingerprint density at radius 3 is 2.35 bits per heavy atom. The highest BCUT2D eigenvalue weighted by molar-refractivity contribution is 9.10. The highest BCUT2D eigenvalue weighted by Gasteiger charge is 2.08. The van der Waals surface area contributed by atoms with Crippen molar-refractivity contribution in [1.82, 2.24) is 5.32 Å². The van der Waals surface area contributed by atoms with Crippen molar-refractivity contribution < 1.29 is 24.5 Å². The van der Waals surface area contributed by atoms with Gasteiger partial charge in [-0.05, 0) is 53.9 Å². The molecule has 1 rings (SSSR count). The van der Waals surface area contributed by atoms with Gasteiger partial charge in [0.05, 0.1) is 9.50 Å². The van der Waals surface area contributed by atoms with Crippen LogP contribution in [0.25, 0.3) is 0 Å². The fraction of sp³-hybridized carbons (Fsp3) is 0.467. The summed E-state index contributed by atoms with van der Waals surface area (Å²) in [5.41, 5.74) is 1.12. The van der Waals surface area contributed by atoms with E-state index in [0.717, 1.165) is 28.8 Å². The molecular weight excluding hydrogens is 390 g/mol. The molecule has 8 heteroatoms. The van der Waals surface area contributed by atoms with Crippen LogP contribution in [-0.2, 0) is 9.59 Å². The molecule has 0 saturated heterocycles. The number of benzene rings is 1. The van der Waals surface area contributed by atoms with Crippen LogP contribution in [0.1, 0.15) is 25.8 Å². The molecule has 130 valence electrons. The van der Waals surface area contributed by atoms with Gasteiger partial charge in [0.15, 0.2) is 5.75 Å². The molecule has 0 radical (unpaired) electrons. The van der Waals surface area contributed by atoms with Crippen LogP contribution in [-0.4, -0.2) is 41.3 Å². The Morgan fingerprint density at radius 2 is 1.91 bits per heavy atom. The number of hydrogen-bond acceptors (Lipinski definition) is 4. The van der Waals surface area contributed by atoms with Gasteiger partial charge in [-0.1, -0.05) is 18.5 Å². The summed E-state index contributed by atoms with van der Waals surface area (Å²) in [5.74, 6) is -2.92. The molecule has 1 aromatic rings. The lowest BCUT2D eigenvalue weighted by molar-refractivity contribution is -0.159. The molecule has 1 atom stereocenters. The second kappa shape index (κ2) is 11.3. The van der Waals surface area contributed by atoms with Crippen molar-refractivity contribution in [3.8, 4) is 5.75 Å². The molecule has 1 unspecified atom stereocenters. The summed E-state index contributed by atoms with van der Waals surface area (Å²) in [6.07, 6.45) is 1.12. The number of hydrogen-bond donors (Lipinski definition) is 3. The summed E-state index contributed by atoms with van der Waals surface area (Å²) in [6, 6.07) is 4.43. The van der Waals surface area contributed by atoms with Crippen LogP contribution in [0.15, 0.2) is 16.6 Å². The zero-order valence-corrected chi connectivity index (χ0v) is 15.6. The van der Waals surface area contributed by atoms with Crippen molar-refractivity contribution in [2.24, 2.45) is 0 Å². The number of aliphatic carboxylic acids is 2. The lowest BCUT2D eigenvalue weighted by atomic mass is 10.2. The molecule has 0 aromatic heterocycles. The number of aryl methyl sites for hydroxylation is 1. The predicted octanol–water partition coefficient (Wildman–Crippen LogP) is 3.33. The standard InChI is InChI=1S/C13H19BrClNO.C2H2O4/c1-4-10(3)16-5-6-17-13-11(14)7-9(2)8-12(13)15;3-1(4)2(5)6/h7-8,10,16H,4-6H2,1-3H3;(H,3,4)(H,5,6). The number of rotatable bonds is 6. The SMILES string of the molecule is CCC(C)NCCOc1c(Cl)cc(C)cc1Br.O=C(O)C(=O)O. The summed E-state index contributed by atoms with van der Waals surface area (Å²) < 4.78 is 6.58. The normalized spacial score (nSPS) is 11.2. The molecule has 1 aromatic carbocycles. The molecule has 23 heavy (non-hydrogen) atoms. The molecule has 0 heterocycles. The van der Waals surface area contributed by atoms with E-state index in [4.69, 9.17) is 36.1 Å². The van der Waals surface area contributed by atoms with Gasteiger partial charge in [0, 0.05) is 12.6 Å². The quantitative estimate of drug-likeness (QED) is 0.492. The van der Waals surface area contributed by atoms with Gasteiger partial charge in [-0.3, -0.25) is 0 Å². The van der Waals surface area contributed by atoms with Gasteiger partial charge in [-0.15, -0.1) is 0 Å². The predicted molar refractivity (Wildman–Crippen MR) is 92.4 cm³/mol. The molecule has 0 spiro atoms. The highest BCUT2D eigenvalue weighted by atomic mass is 79.9. The van der Waals surface area contributed by atoms with Crippen molar-refractivity contribution in [3.05, 3.63) is 27.2 Å². The van der Waals surface area contributed by atoms with Gasteiger partial charge < -0.3 is 20.3 Å². The third kappa shape index (κ3) is 9.43. The Kier molecular flexibility index (Phi) is 10.6. The van der Waals surface area contributed by atoms with Crippen LogP contribution in [0.3, 0.4) is 0 Å². The molecule has 3 N–H and O–H groups in total. The topological polar surface area (TPSA) is 95.9 Å². The second-order valence-corrected chi connectivity index (χ2v) is 6.04. The van der Waals surface area contributed by atoms with Gasteiger partial charge in [-0.2, -0.15) is 0 Å². The van der Waals surface area contributed by atoms with Crippen molar-refractivity contribution >= 4 is 39.5 Å². The van der Waals surface area contributed by atoms with Crippen LogP contribution < -0.4 is 10.1 Å². The minimum atomic E-state index is -1.82. The third-order valence-electron chi connectivity index (χ3n) is 2.78. The van der Waals surface area contributed by atoms with Crippen molar-refractivity contribution in [2.45, 2.75) is 33.2 Å². The van der Waals surface area contributed by atoms with E-state index in [1.165, 1.54) is 0 Å². The number of ether oxygens (including phenoxy) is 1. The van der Waals surface area contributed by atoms with Gasteiger partial charge in [0.1, 0.15) is 6.61 Å². The Bertz CT molecular complexity index is 504. The zero-order valence-electron chi connectivity index (χ0n) is 13.2. The lowest BCUT2D eigenvalue weighted by Crippen LogP contribution is -2.29. The van der Waals surface area contributed by atoms with E-state index in [2.05, 4.69) is 35.1 Å². The first-order chi connectivity index (χ1) is 10.7. The number of halogens is 2. The van der Waals surface area contributed by atoms with E-state index in [-0.39, 0.29) is 0 Å². The van der Waals surface area contributed by atoms with E-state index < -0.39 is 11.9 Å². The first-order valence-corrected chi connectivity index (χ1v) is 8.14. The summed E-state index contributed by atoms with van der Waals surface area (Å²) in [5, 5.41) is 18.8. The molecule has 0 aliphatic heterocycles. The molecule has 0 aliphatic carbocycles. The maximum absolute atomic E-state index is 9.10. The second-order valence-electron chi connectivity index (χ2n) is 4.78. The van der Waals surface area contributed by atoms with Crippen LogP contribution >= 0.6 is 27.5 Å². The van der Waals surface area contributed by atoms with Gasteiger partial charge in [0.25, 0.3) is 0 Å². The zero-order chi connectivity index (χ0) is 18.0. The van der Waals surface area contributed by atoms with Gasteiger partial charge in [-0.25, -0.2) is 9.59 Å². The Balaban J connectivity index is 0.000000688. The summed E-state index contributed by atoms with van der Waals surface area (Å²) in [4.78, 5) is 18.2. The maximum Gasteiger partial charge on any atom is 0.414 e. The number of carbonyl (C=O) groups is 2. The summed E-state index contributed by atoms with van der Waals surface area (Å²) in [7, 11) is 0. The van der Waals surface area contributed by atoms with E-state index in [0.29, 0.717) is 17.7 Å². The van der Waals surface area contributed by atoms with E-state index in [1.807, 2.05) is 19.1 Å². The molecule has 0 aliphatic rings. The fourth-order valence-corrected chi connectivity index (χ4v) is 2.56. The average molecular weight is 411 g/mol. The number of carboxylic acids is 2. The van der Waals surface area contributed by atoms with E-state index >= 15 is 0 Å². The van der Waals surface area contributed by atoms with Crippen LogP contribution in [0.5, 0.6) is 5.75 Å². The van der Waals surface area contributed by atoms with Gasteiger partial charge >= 0.3 is 11.9 Å². The first-order valence-electron chi connectivity index (χ1n) is 6.97. The lowest BCUT2D eigenvalue weighted by Gasteiger charge is -2.14. The smallest absolute Gasteiger partial charge is 0.414 e. The Morgan fingerprint density at radius 1 is 1.35 bits per heavy atom. The van der Waals surface area contributed by atoms with Crippen LogP contribution in [0, 0.1) is 6.92 Å². The van der Waals surface area contributed by atoms with E-state index in [9.17, 15) is 0 Å². The largest absolute Gasteiger partial charge is 0.490 e. The first kappa shape index (κ1) is 21.7. The summed E-state index contributed by atoms with van der Waals surface area (Å²) >= 11 is 9.59. The molecular formula is C15H21BrClNO5. The van der Waals surface area contributed by atoms with Crippen LogP contribution in [0.2, 0.25) is 5.02 Å². The van der Waals surface area contributed by atoms with Crippen LogP contribution in [0.4, 0.5) is 0 Å².